The van der Waals surface area contributed by atoms with Crippen molar-refractivity contribution in [3.63, 3.8) is 0 Å². The molecule has 2 heterocycles. The molecule has 36 heavy (non-hydrogen) atoms. The predicted octanol–water partition coefficient (Wildman–Crippen LogP) is 4.85. The third-order valence-electron chi connectivity index (χ3n) is 6.19. The van der Waals surface area contributed by atoms with Gasteiger partial charge in [0.25, 0.3) is 11.7 Å². The van der Waals surface area contributed by atoms with Gasteiger partial charge in [-0.15, -0.1) is 0 Å². The summed E-state index contributed by atoms with van der Waals surface area (Å²) in [5.74, 6) is 0.182. The zero-order valence-electron chi connectivity index (χ0n) is 21.2. The Morgan fingerprint density at radius 1 is 1.06 bits per heavy atom. The number of aliphatic hydroxyl groups excluding tert-OH is 1. The van der Waals surface area contributed by atoms with Crippen molar-refractivity contribution in [2.75, 3.05) is 27.2 Å². The van der Waals surface area contributed by atoms with E-state index in [0.29, 0.717) is 42.4 Å². The maximum atomic E-state index is 13.1. The Labute approximate surface area is 211 Å². The summed E-state index contributed by atoms with van der Waals surface area (Å²) in [4.78, 5) is 29.6. The largest absolute Gasteiger partial charge is 0.507 e. The number of hydrogen-bond donors (Lipinski definition) is 1. The second kappa shape index (κ2) is 10.8. The summed E-state index contributed by atoms with van der Waals surface area (Å²) >= 11 is 0. The molecular weight excluding hydrogens is 456 g/mol. The monoisotopic (exact) mass is 488 g/mol. The second-order valence-corrected chi connectivity index (χ2v) is 9.40. The van der Waals surface area contributed by atoms with E-state index in [9.17, 15) is 14.7 Å². The highest BCUT2D eigenvalue weighted by Gasteiger charge is 2.47. The van der Waals surface area contributed by atoms with Gasteiger partial charge < -0.3 is 24.1 Å². The molecule has 7 nitrogen and oxygen atoms in total. The maximum absolute atomic E-state index is 13.1. The minimum absolute atomic E-state index is 0.0348. The van der Waals surface area contributed by atoms with Crippen molar-refractivity contribution < 1.29 is 23.8 Å². The van der Waals surface area contributed by atoms with E-state index in [1.807, 2.05) is 44.1 Å². The molecule has 4 rings (SSSR count). The van der Waals surface area contributed by atoms with E-state index in [-0.39, 0.29) is 11.3 Å². The summed E-state index contributed by atoms with van der Waals surface area (Å²) < 4.78 is 11.7. The molecule has 7 heteroatoms. The molecule has 2 aromatic carbocycles. The molecule has 0 spiro atoms. The number of Topliss-reactive ketones (excluding diaryl/α,β-unsaturated/α-hetero) is 1. The molecule has 0 radical (unpaired) electrons. The highest BCUT2D eigenvalue weighted by molar-refractivity contribution is 6.46. The van der Waals surface area contributed by atoms with Gasteiger partial charge in [-0.25, -0.2) is 0 Å². The summed E-state index contributed by atoms with van der Waals surface area (Å²) in [5, 5.41) is 11.2. The predicted molar refractivity (Wildman–Crippen MR) is 138 cm³/mol. The van der Waals surface area contributed by atoms with E-state index >= 15 is 0 Å². The smallest absolute Gasteiger partial charge is 0.295 e. The van der Waals surface area contributed by atoms with Gasteiger partial charge in [0, 0.05) is 12.1 Å². The molecule has 1 aliphatic heterocycles. The van der Waals surface area contributed by atoms with Crippen LogP contribution in [0.1, 0.15) is 40.7 Å². The highest BCUT2D eigenvalue weighted by atomic mass is 16.5. The van der Waals surface area contributed by atoms with Crippen molar-refractivity contribution in [1.82, 2.24) is 9.80 Å². The Balaban J connectivity index is 1.60. The minimum atomic E-state index is -0.780. The molecule has 1 amide bonds. The summed E-state index contributed by atoms with van der Waals surface area (Å²) in [5.41, 5.74) is 2.69. The van der Waals surface area contributed by atoms with Crippen LogP contribution in [0.5, 0.6) is 5.75 Å². The van der Waals surface area contributed by atoms with Gasteiger partial charge >= 0.3 is 0 Å². The molecule has 1 N–H and O–H groups in total. The van der Waals surface area contributed by atoms with Crippen LogP contribution in [-0.4, -0.2) is 53.8 Å². The number of hydrogen-bond acceptors (Lipinski definition) is 6. The van der Waals surface area contributed by atoms with Crippen LogP contribution >= 0.6 is 0 Å². The number of carbonyl (C=O) groups excluding carboxylic acids is 2. The number of carbonyl (C=O) groups is 2. The zero-order valence-corrected chi connectivity index (χ0v) is 21.2. The Morgan fingerprint density at radius 2 is 1.81 bits per heavy atom. The molecule has 1 aromatic heterocycles. The Kier molecular flexibility index (Phi) is 7.60. The zero-order chi connectivity index (χ0) is 25.8. The van der Waals surface area contributed by atoms with E-state index in [1.165, 1.54) is 4.90 Å². The molecule has 1 saturated heterocycles. The molecule has 3 aromatic rings. The lowest BCUT2D eigenvalue weighted by molar-refractivity contribution is -0.140. The van der Waals surface area contributed by atoms with Crippen LogP contribution in [0.25, 0.3) is 5.76 Å². The van der Waals surface area contributed by atoms with Crippen LogP contribution in [0.15, 0.2) is 70.7 Å². The average Bonchev–Trinajstić information content (AvgIpc) is 3.38. The number of ketones is 1. The quantitative estimate of drug-likeness (QED) is 0.263. The van der Waals surface area contributed by atoms with Gasteiger partial charge in [-0.3, -0.25) is 9.59 Å². The molecule has 0 bridgehead atoms. The molecule has 1 fully saturated rings. The number of ether oxygens (including phenoxy) is 1. The molecule has 188 valence electrons. The Bertz CT molecular complexity index is 1270. The maximum Gasteiger partial charge on any atom is 0.295 e. The van der Waals surface area contributed by atoms with Gasteiger partial charge in [0.1, 0.15) is 35.7 Å². The van der Waals surface area contributed by atoms with E-state index in [4.69, 9.17) is 9.15 Å². The van der Waals surface area contributed by atoms with Crippen molar-refractivity contribution in [3.05, 3.63) is 94.4 Å². The number of aliphatic hydroxyl groups is 1. The van der Waals surface area contributed by atoms with Gasteiger partial charge in [0.05, 0.1) is 5.57 Å². The summed E-state index contributed by atoms with van der Waals surface area (Å²) in [6.45, 7) is 5.39. The number of benzene rings is 2. The number of rotatable bonds is 9. The molecule has 1 aliphatic rings. The van der Waals surface area contributed by atoms with Crippen molar-refractivity contribution >= 4 is 17.4 Å². The first-order chi connectivity index (χ1) is 17.2. The van der Waals surface area contributed by atoms with Crippen LogP contribution in [0.2, 0.25) is 0 Å². The third kappa shape index (κ3) is 5.52. The number of nitrogens with zero attached hydrogens (tertiary/aromatic N) is 2. The van der Waals surface area contributed by atoms with Crippen LogP contribution in [0.3, 0.4) is 0 Å². The van der Waals surface area contributed by atoms with E-state index in [1.54, 1.807) is 43.3 Å². The van der Waals surface area contributed by atoms with Crippen LogP contribution in [-0.2, 0) is 16.2 Å². The van der Waals surface area contributed by atoms with Gasteiger partial charge in [-0.2, -0.15) is 0 Å². The first-order valence-electron chi connectivity index (χ1n) is 12.0. The van der Waals surface area contributed by atoms with E-state index in [2.05, 4.69) is 6.07 Å². The summed E-state index contributed by atoms with van der Waals surface area (Å²) in [7, 11) is 3.91. The summed E-state index contributed by atoms with van der Waals surface area (Å²) in [6, 6.07) is 17.7. The Morgan fingerprint density at radius 3 is 2.44 bits per heavy atom. The fraction of sp³-hybridized carbons (Fsp3) is 0.310. The number of likely N-dealkylation sites (tertiary alicyclic amines) is 1. The average molecular weight is 489 g/mol. The van der Waals surface area contributed by atoms with Crippen LogP contribution in [0.4, 0.5) is 0 Å². The normalized spacial score (nSPS) is 17.2. The number of aryl methyl sites for hydroxylation is 2. The molecule has 0 unspecified atom stereocenters. The molecule has 0 saturated carbocycles. The first-order valence-corrected chi connectivity index (χ1v) is 12.0. The van der Waals surface area contributed by atoms with Gasteiger partial charge in [0.15, 0.2) is 0 Å². The third-order valence-corrected chi connectivity index (χ3v) is 6.19. The molecular formula is C29H32N2O5. The van der Waals surface area contributed by atoms with Gasteiger partial charge in [-0.1, -0.05) is 29.8 Å². The number of furan rings is 1. The van der Waals surface area contributed by atoms with Crippen molar-refractivity contribution in [2.24, 2.45) is 0 Å². The fourth-order valence-electron chi connectivity index (χ4n) is 4.40. The number of amides is 1. The van der Waals surface area contributed by atoms with Gasteiger partial charge in [-0.05, 0) is 82.9 Å². The van der Waals surface area contributed by atoms with Crippen molar-refractivity contribution in [1.29, 1.82) is 0 Å². The molecule has 1 atom stereocenters. The van der Waals surface area contributed by atoms with Crippen LogP contribution in [0, 0.1) is 13.8 Å². The lowest BCUT2D eigenvalue weighted by Crippen LogP contribution is -2.32. The first kappa shape index (κ1) is 25.3. The standard InChI is InChI=1S/C29H32N2O5/c1-19-7-5-8-21(17-19)18-35-23-12-10-22(11-13-23)27(32)25-26(24-14-9-20(2)36-24)31(29(34)28(25)33)16-6-15-30(3)4/h5,7-14,17,26,32H,6,15-16,18H2,1-4H3/t26-/m1/s1. The van der Waals surface area contributed by atoms with Crippen LogP contribution < -0.4 is 4.74 Å². The Hall–Kier alpha value is -3.84. The summed E-state index contributed by atoms with van der Waals surface area (Å²) in [6.07, 6.45) is 0.684. The van der Waals surface area contributed by atoms with Crippen molar-refractivity contribution in [2.45, 2.75) is 32.9 Å². The minimum Gasteiger partial charge on any atom is -0.507 e. The lowest BCUT2D eigenvalue weighted by Gasteiger charge is -2.24. The van der Waals surface area contributed by atoms with E-state index in [0.717, 1.165) is 17.7 Å². The molecule has 0 aliphatic carbocycles. The van der Waals surface area contributed by atoms with Crippen molar-refractivity contribution in [3.8, 4) is 5.75 Å². The second-order valence-electron chi connectivity index (χ2n) is 9.40. The highest BCUT2D eigenvalue weighted by Crippen LogP contribution is 2.40. The SMILES string of the molecule is Cc1cccc(COc2ccc(C(O)=C3C(=O)C(=O)N(CCCN(C)C)[C@@H]3c3ccc(C)o3)cc2)c1. The fourth-order valence-corrected chi connectivity index (χ4v) is 4.40. The van der Waals surface area contributed by atoms with Gasteiger partial charge in [0.2, 0.25) is 0 Å². The lowest BCUT2D eigenvalue weighted by atomic mass is 9.99. The van der Waals surface area contributed by atoms with E-state index < -0.39 is 17.7 Å². The topological polar surface area (TPSA) is 83.2 Å².